The van der Waals surface area contributed by atoms with Crippen molar-refractivity contribution in [1.82, 2.24) is 4.31 Å². The van der Waals surface area contributed by atoms with Crippen LogP contribution >= 0.6 is 23.2 Å². The Morgan fingerprint density at radius 3 is 2.30 bits per heavy atom. The quantitative estimate of drug-likeness (QED) is 0.646. The number of β-amino-alcohol motifs (C(OH)–C–C–N with tert-alkyl or cyclic N) is 1. The number of aliphatic hydroxyl groups is 2. The first-order valence-corrected chi connectivity index (χ1v) is 12.2. The van der Waals surface area contributed by atoms with Gasteiger partial charge in [0.2, 0.25) is 10.0 Å². The molecule has 8 nitrogen and oxygen atoms in total. The summed E-state index contributed by atoms with van der Waals surface area (Å²) in [6.07, 6.45) is 0. The molecule has 0 amide bonds. The zero-order chi connectivity index (χ0) is 22.3. The van der Waals surface area contributed by atoms with Crippen LogP contribution in [0.2, 0.25) is 10.0 Å². The van der Waals surface area contributed by atoms with E-state index in [9.17, 15) is 27.0 Å². The molecule has 1 aliphatic heterocycles. The lowest BCUT2D eigenvalue weighted by molar-refractivity contribution is 0.00160. The Hall–Kier alpha value is -1.71. The van der Waals surface area contributed by atoms with Crippen molar-refractivity contribution < 1.29 is 27.0 Å². The van der Waals surface area contributed by atoms with Gasteiger partial charge >= 0.3 is 0 Å². The number of hydrogen-bond acceptors (Lipinski definition) is 7. The van der Waals surface area contributed by atoms with Gasteiger partial charge in [0.1, 0.15) is 15.7 Å². The van der Waals surface area contributed by atoms with E-state index < -0.39 is 50.4 Å². The monoisotopic (exact) mass is 490 g/mol. The molecule has 0 spiro atoms. The van der Waals surface area contributed by atoms with E-state index in [1.807, 2.05) is 6.07 Å². The molecule has 0 unspecified atom stereocenters. The molecule has 1 saturated heterocycles. The zero-order valence-electron chi connectivity index (χ0n) is 15.2. The molecule has 3 rings (SSSR count). The van der Waals surface area contributed by atoms with Crippen LogP contribution in [0.25, 0.3) is 0 Å². The van der Waals surface area contributed by atoms with Crippen LogP contribution in [0.3, 0.4) is 0 Å². The molecule has 2 aromatic carbocycles. The first kappa shape index (κ1) is 23.0. The van der Waals surface area contributed by atoms with E-state index in [4.69, 9.17) is 28.5 Å². The molecule has 2 atom stereocenters. The highest BCUT2D eigenvalue weighted by molar-refractivity contribution is 7.92. The second kappa shape index (κ2) is 8.09. The minimum absolute atomic E-state index is 0.159. The van der Waals surface area contributed by atoms with E-state index in [-0.39, 0.29) is 25.4 Å². The number of sulfonamides is 1. The summed E-state index contributed by atoms with van der Waals surface area (Å²) in [5.41, 5.74) is -2.00. The van der Waals surface area contributed by atoms with Gasteiger partial charge in [-0.3, -0.25) is 0 Å². The summed E-state index contributed by atoms with van der Waals surface area (Å²) >= 11 is 11.8. The van der Waals surface area contributed by atoms with Crippen molar-refractivity contribution in [3.8, 4) is 6.07 Å². The van der Waals surface area contributed by atoms with E-state index in [0.717, 1.165) is 4.31 Å². The predicted octanol–water partition coefficient (Wildman–Crippen LogP) is 1.44. The third-order valence-corrected chi connectivity index (χ3v) is 9.69. The summed E-state index contributed by atoms with van der Waals surface area (Å²) < 4.78 is 53.1. The average molecular weight is 491 g/mol. The molecule has 1 fully saturated rings. The summed E-state index contributed by atoms with van der Waals surface area (Å²) in [6.45, 7) is -2.22. The van der Waals surface area contributed by atoms with Gasteiger partial charge in [-0.05, 0) is 42.5 Å². The second-order valence-electron chi connectivity index (χ2n) is 6.80. The second-order valence-corrected chi connectivity index (χ2v) is 11.7. The Morgan fingerprint density at radius 1 is 1.13 bits per heavy atom. The fourth-order valence-corrected chi connectivity index (χ4v) is 7.56. The maximum absolute atomic E-state index is 13.1. The lowest BCUT2D eigenvalue weighted by Crippen LogP contribution is -2.49. The third kappa shape index (κ3) is 3.94. The first-order chi connectivity index (χ1) is 14.0. The van der Waals surface area contributed by atoms with Crippen LogP contribution in [0.4, 0.5) is 0 Å². The molecule has 1 aliphatic rings. The molecule has 0 aromatic heterocycles. The van der Waals surface area contributed by atoms with Gasteiger partial charge in [-0.15, -0.1) is 0 Å². The number of sulfone groups is 1. The fourth-order valence-electron chi connectivity index (χ4n) is 3.26. The maximum Gasteiger partial charge on any atom is 0.244 e. The largest absolute Gasteiger partial charge is 0.393 e. The molecule has 30 heavy (non-hydrogen) atoms. The Labute approximate surface area is 183 Å². The number of nitriles is 1. The summed E-state index contributed by atoms with van der Waals surface area (Å²) in [4.78, 5) is -0.507. The molecular weight excluding hydrogens is 475 g/mol. The summed E-state index contributed by atoms with van der Waals surface area (Å²) in [7, 11) is -8.54. The lowest BCUT2D eigenvalue weighted by Gasteiger charge is -2.26. The maximum atomic E-state index is 13.1. The van der Waals surface area contributed by atoms with Gasteiger partial charge in [-0.2, -0.15) is 9.57 Å². The SMILES string of the molecule is N#Cc1ccc(S(=O)(=O)[C@@H]2CN(S(=O)(=O)c3ccc(Cl)cc3Cl)C[C@@]2(O)CO)cc1. The molecule has 0 bridgehead atoms. The number of benzene rings is 2. The van der Waals surface area contributed by atoms with E-state index in [2.05, 4.69) is 0 Å². The van der Waals surface area contributed by atoms with Gasteiger partial charge in [0, 0.05) is 18.1 Å². The van der Waals surface area contributed by atoms with Gasteiger partial charge in [0.25, 0.3) is 0 Å². The summed E-state index contributed by atoms with van der Waals surface area (Å²) in [5, 5.41) is 27.8. The summed E-state index contributed by atoms with van der Waals surface area (Å²) in [6, 6.07) is 10.6. The average Bonchev–Trinajstić information content (AvgIpc) is 3.07. The molecule has 0 radical (unpaired) electrons. The van der Waals surface area contributed by atoms with Crippen molar-refractivity contribution in [2.75, 3.05) is 19.7 Å². The minimum Gasteiger partial charge on any atom is -0.393 e. The smallest absolute Gasteiger partial charge is 0.244 e. The van der Waals surface area contributed by atoms with Gasteiger partial charge in [-0.25, -0.2) is 16.8 Å². The van der Waals surface area contributed by atoms with Crippen LogP contribution in [0.1, 0.15) is 5.56 Å². The van der Waals surface area contributed by atoms with Crippen LogP contribution in [0.15, 0.2) is 52.3 Å². The Balaban J connectivity index is 2.02. The fraction of sp³-hybridized carbons (Fsp3) is 0.278. The Bertz CT molecular complexity index is 1230. The van der Waals surface area contributed by atoms with Crippen molar-refractivity contribution >= 4 is 43.1 Å². The standard InChI is InChI=1S/C18H16Cl2N2O6S2/c19-13-3-6-16(15(20)7-13)30(27,28)22-9-17(18(24,10-22)11-23)29(25,26)14-4-1-12(8-21)2-5-14/h1-7,17,23-24H,9-11H2/t17-,18-/m1/s1. The van der Waals surface area contributed by atoms with Crippen molar-refractivity contribution in [3.63, 3.8) is 0 Å². The number of hydrogen-bond donors (Lipinski definition) is 2. The molecule has 160 valence electrons. The van der Waals surface area contributed by atoms with Crippen molar-refractivity contribution in [1.29, 1.82) is 5.26 Å². The van der Waals surface area contributed by atoms with E-state index >= 15 is 0 Å². The van der Waals surface area contributed by atoms with Gasteiger partial charge < -0.3 is 10.2 Å². The number of nitrogens with zero attached hydrogens (tertiary/aromatic N) is 2. The van der Waals surface area contributed by atoms with Gasteiger partial charge in [0.15, 0.2) is 9.84 Å². The van der Waals surface area contributed by atoms with Crippen LogP contribution in [-0.4, -0.2) is 61.9 Å². The minimum atomic E-state index is -4.29. The van der Waals surface area contributed by atoms with E-state index in [1.165, 1.54) is 42.5 Å². The van der Waals surface area contributed by atoms with Crippen LogP contribution in [0, 0.1) is 11.3 Å². The van der Waals surface area contributed by atoms with Crippen LogP contribution in [0.5, 0.6) is 0 Å². The van der Waals surface area contributed by atoms with Gasteiger partial charge in [0.05, 0.1) is 28.2 Å². The summed E-state index contributed by atoms with van der Waals surface area (Å²) in [5.74, 6) is 0. The number of aliphatic hydroxyl groups excluding tert-OH is 1. The Morgan fingerprint density at radius 2 is 1.77 bits per heavy atom. The third-order valence-electron chi connectivity index (χ3n) is 4.89. The Kier molecular flexibility index (Phi) is 6.19. The van der Waals surface area contributed by atoms with Crippen LogP contribution < -0.4 is 0 Å². The molecule has 0 aliphatic carbocycles. The molecular formula is C18H16Cl2N2O6S2. The molecule has 12 heteroatoms. The van der Waals surface area contributed by atoms with Crippen molar-refractivity contribution in [2.45, 2.75) is 20.6 Å². The zero-order valence-corrected chi connectivity index (χ0v) is 18.4. The normalized spacial score (nSPS) is 22.7. The molecule has 1 heterocycles. The lowest BCUT2D eigenvalue weighted by atomic mass is 10.1. The van der Waals surface area contributed by atoms with Gasteiger partial charge in [-0.1, -0.05) is 23.2 Å². The van der Waals surface area contributed by atoms with E-state index in [1.54, 1.807) is 0 Å². The molecule has 2 aromatic rings. The predicted molar refractivity (Wildman–Crippen MR) is 109 cm³/mol. The van der Waals surface area contributed by atoms with E-state index in [0.29, 0.717) is 0 Å². The number of rotatable bonds is 5. The van der Waals surface area contributed by atoms with Crippen molar-refractivity contribution in [2.24, 2.45) is 0 Å². The molecule has 0 saturated carbocycles. The highest BCUT2D eigenvalue weighted by Crippen LogP contribution is 2.36. The molecule has 2 N–H and O–H groups in total. The topological polar surface area (TPSA) is 136 Å². The number of halogens is 2. The highest BCUT2D eigenvalue weighted by atomic mass is 35.5. The first-order valence-electron chi connectivity index (χ1n) is 8.48. The highest BCUT2D eigenvalue weighted by Gasteiger charge is 2.55. The van der Waals surface area contributed by atoms with Crippen LogP contribution in [-0.2, 0) is 19.9 Å². The van der Waals surface area contributed by atoms with Crippen molar-refractivity contribution in [3.05, 3.63) is 58.1 Å².